The summed E-state index contributed by atoms with van der Waals surface area (Å²) in [5.74, 6) is 0. The molecule has 0 spiro atoms. The van der Waals surface area contributed by atoms with Crippen molar-refractivity contribution in [3.05, 3.63) is 0 Å². The van der Waals surface area contributed by atoms with Gasteiger partial charge in [0.2, 0.25) is 0 Å². The van der Waals surface area contributed by atoms with Gasteiger partial charge in [-0.25, -0.2) is 0 Å². The first kappa shape index (κ1) is 66.8. The third-order valence-corrected chi connectivity index (χ3v) is 0. The fourth-order valence-corrected chi connectivity index (χ4v) is 0. The minimum atomic E-state index is 0. The van der Waals surface area contributed by atoms with E-state index in [2.05, 4.69) is 0 Å². The second-order valence-electron chi connectivity index (χ2n) is 0. The van der Waals surface area contributed by atoms with Gasteiger partial charge in [0.05, 0.1) is 0 Å². The molecule has 0 rings (SSSR count). The molecule has 0 N–H and O–H groups in total. The topological polar surface area (TPSA) is 57.0 Å². The van der Waals surface area contributed by atoms with Crippen molar-refractivity contribution >= 4 is 17.1 Å². The van der Waals surface area contributed by atoms with Crippen molar-refractivity contribution in [2.45, 2.75) is 0 Å². The maximum atomic E-state index is 0. The van der Waals surface area contributed by atoms with Crippen LogP contribution in [0, 0.1) is 0 Å². The molecular formula is H2O2SeTi. The molecule has 0 amide bonds. The Balaban J connectivity index is 0. The second kappa shape index (κ2) is 31.0. The molecule has 0 atom stereocenters. The van der Waals surface area contributed by atoms with Gasteiger partial charge in [-0.05, 0) is 0 Å². The van der Waals surface area contributed by atoms with Crippen LogP contribution in [0.15, 0.2) is 0 Å². The number of hydrogen-bond acceptors (Lipinski definition) is 0. The number of hydrogen-bond donors (Lipinski definition) is 0. The third kappa shape index (κ3) is 11.0. The molecule has 0 saturated carbocycles. The van der Waals surface area contributed by atoms with Gasteiger partial charge in [0.25, 0.3) is 0 Å². The molecule has 0 bridgehead atoms. The first-order valence-corrected chi connectivity index (χ1v) is 0. The van der Waals surface area contributed by atoms with Crippen molar-refractivity contribution < 1.29 is 32.7 Å². The van der Waals surface area contributed by atoms with Crippen molar-refractivity contribution in [2.24, 2.45) is 0 Å². The van der Waals surface area contributed by atoms with Crippen molar-refractivity contribution in [1.29, 1.82) is 0 Å². The van der Waals surface area contributed by atoms with E-state index in [0.29, 0.717) is 0 Å². The van der Waals surface area contributed by atoms with E-state index in [0.717, 1.165) is 0 Å². The summed E-state index contributed by atoms with van der Waals surface area (Å²) in [6.45, 7) is 0. The van der Waals surface area contributed by atoms with Crippen LogP contribution in [0.2, 0.25) is 0 Å². The van der Waals surface area contributed by atoms with Gasteiger partial charge in [-0.15, -0.1) is 0 Å². The minimum Gasteiger partial charge on any atom is 4.00 e. The molecule has 0 aliphatic carbocycles. The van der Waals surface area contributed by atoms with E-state index in [1.807, 2.05) is 0 Å². The smallest absolute Gasteiger partial charge is 4.00 e. The predicted molar refractivity (Wildman–Crippen MR) is 9.92 cm³/mol. The summed E-state index contributed by atoms with van der Waals surface area (Å²) in [5, 5.41) is 0. The van der Waals surface area contributed by atoms with Gasteiger partial charge in [-0.1, -0.05) is 0 Å². The summed E-state index contributed by atoms with van der Waals surface area (Å²) in [6, 6.07) is 0. The van der Waals surface area contributed by atoms with E-state index in [9.17, 15) is 0 Å². The first-order valence-electron chi connectivity index (χ1n) is 0. The Morgan fingerprint density at radius 2 is 0.750 bits per heavy atom. The summed E-state index contributed by atoms with van der Waals surface area (Å²) in [4.78, 5) is 0. The van der Waals surface area contributed by atoms with Gasteiger partial charge < -0.3 is 11.0 Å². The van der Waals surface area contributed by atoms with Gasteiger partial charge >= 0.3 is 38.8 Å². The Hall–Kier alpha value is 1.15. The fourth-order valence-electron chi connectivity index (χ4n) is 0. The predicted octanol–water partition coefficient (Wildman–Crippen LogP) is -1.16. The van der Waals surface area contributed by atoms with Gasteiger partial charge in [0.1, 0.15) is 0 Å². The fraction of sp³-hybridized carbons (Fsp3) is 0. The second-order valence-corrected chi connectivity index (χ2v) is 0. The SMILES string of the molecule is [O-2].[O-2].[SeH2].[Ti+4]. The molecule has 0 aliphatic heterocycles. The minimum absolute atomic E-state index is 0. The molecule has 0 radical (unpaired) electrons. The summed E-state index contributed by atoms with van der Waals surface area (Å²) >= 11 is 0. The van der Waals surface area contributed by atoms with Crippen molar-refractivity contribution in [3.63, 3.8) is 0 Å². The van der Waals surface area contributed by atoms with Crippen LogP contribution in [0.3, 0.4) is 0 Å². The standard InChI is InChI=1S/2O.H2Se.Ti/h;;1H2;/q2*-2;;+4. The van der Waals surface area contributed by atoms with Crippen molar-refractivity contribution in [1.82, 2.24) is 0 Å². The quantitative estimate of drug-likeness (QED) is 0.402. The maximum absolute atomic E-state index is 0. The molecule has 0 unspecified atom stereocenters. The molecule has 0 aromatic carbocycles. The molecule has 0 aromatic heterocycles. The number of rotatable bonds is 0. The van der Waals surface area contributed by atoms with Gasteiger partial charge in [-0.2, -0.15) is 0 Å². The van der Waals surface area contributed by atoms with Crippen LogP contribution in [0.25, 0.3) is 0 Å². The largest absolute Gasteiger partial charge is 4.00 e. The van der Waals surface area contributed by atoms with Crippen LogP contribution >= 0.6 is 0 Å². The van der Waals surface area contributed by atoms with E-state index in [-0.39, 0.29) is 49.7 Å². The van der Waals surface area contributed by atoms with Crippen LogP contribution in [0.5, 0.6) is 0 Å². The Bertz CT molecular complexity index is 6.00. The molecule has 4 heteroatoms. The zero-order valence-electron chi connectivity index (χ0n) is 1.82. The summed E-state index contributed by atoms with van der Waals surface area (Å²) in [7, 11) is 0. The van der Waals surface area contributed by atoms with E-state index in [4.69, 9.17) is 0 Å². The zero-order chi connectivity index (χ0) is 0. The molecule has 0 saturated heterocycles. The average Bonchev–Trinajstić information content (AvgIpc) is 0. The normalized spacial score (nSPS) is 0. The summed E-state index contributed by atoms with van der Waals surface area (Å²) in [5.41, 5.74) is 0. The molecule has 4 heavy (non-hydrogen) atoms. The Labute approximate surface area is 49.9 Å². The molecule has 0 heterocycles. The first-order chi connectivity index (χ1) is 0. The summed E-state index contributed by atoms with van der Waals surface area (Å²) in [6.07, 6.45) is 0. The Morgan fingerprint density at radius 3 is 0.750 bits per heavy atom. The zero-order valence-corrected chi connectivity index (χ0v) is 5.48. The van der Waals surface area contributed by atoms with E-state index in [1.54, 1.807) is 0 Å². The van der Waals surface area contributed by atoms with Crippen LogP contribution in [-0.2, 0) is 32.7 Å². The van der Waals surface area contributed by atoms with Gasteiger partial charge in [0, 0.05) is 0 Å². The monoisotopic (exact) mass is 162 g/mol. The maximum Gasteiger partial charge on any atom is 4.00 e. The van der Waals surface area contributed by atoms with Crippen LogP contribution < -0.4 is 0 Å². The van der Waals surface area contributed by atoms with Crippen LogP contribution in [0.1, 0.15) is 0 Å². The van der Waals surface area contributed by atoms with Gasteiger partial charge in [-0.3, -0.25) is 0 Å². The van der Waals surface area contributed by atoms with E-state index >= 15 is 0 Å². The van der Waals surface area contributed by atoms with Crippen molar-refractivity contribution in [3.8, 4) is 0 Å². The Kier molecular flexibility index (Phi) is 518. The molecule has 2 nitrogen and oxygen atoms in total. The average molecular weight is 161 g/mol. The molecule has 24 valence electrons. The van der Waals surface area contributed by atoms with Gasteiger partial charge in [0.15, 0.2) is 0 Å². The van der Waals surface area contributed by atoms with Crippen LogP contribution in [-0.4, -0.2) is 17.1 Å². The Morgan fingerprint density at radius 1 is 0.750 bits per heavy atom. The van der Waals surface area contributed by atoms with Crippen molar-refractivity contribution in [2.75, 3.05) is 0 Å². The van der Waals surface area contributed by atoms with Crippen LogP contribution in [0.4, 0.5) is 0 Å². The third-order valence-electron chi connectivity index (χ3n) is 0. The van der Waals surface area contributed by atoms with E-state index in [1.165, 1.54) is 0 Å². The molecule has 0 aliphatic rings. The molecule has 0 fully saturated rings. The molecular weight excluding hydrogens is 159 g/mol. The molecule has 0 aromatic rings. The van der Waals surface area contributed by atoms with E-state index < -0.39 is 0 Å². The summed E-state index contributed by atoms with van der Waals surface area (Å²) < 4.78 is 0.